The highest BCUT2D eigenvalue weighted by molar-refractivity contribution is 7.80. The van der Waals surface area contributed by atoms with Crippen LogP contribution in [0.3, 0.4) is 0 Å². The van der Waals surface area contributed by atoms with E-state index in [4.69, 9.17) is 22.7 Å². The van der Waals surface area contributed by atoms with E-state index in [1.807, 2.05) is 12.1 Å². The summed E-state index contributed by atoms with van der Waals surface area (Å²) in [5, 5.41) is 0. The van der Waals surface area contributed by atoms with Crippen molar-refractivity contribution >= 4 is 17.2 Å². The maximum atomic E-state index is 5.84. The number of pyridine rings is 1. The zero-order valence-electron chi connectivity index (χ0n) is 10.6. The predicted molar refractivity (Wildman–Crippen MR) is 75.9 cm³/mol. The van der Waals surface area contributed by atoms with Gasteiger partial charge < -0.3 is 15.4 Å². The third-order valence-corrected chi connectivity index (χ3v) is 3.55. The molecule has 1 aliphatic heterocycles. The summed E-state index contributed by atoms with van der Waals surface area (Å²) in [5.74, 6) is 0.684. The lowest BCUT2D eigenvalue weighted by molar-refractivity contribution is 0.125. The van der Waals surface area contributed by atoms with Gasteiger partial charge in [-0.15, -0.1) is 0 Å². The number of hydrogen-bond donors (Lipinski definition) is 1. The van der Waals surface area contributed by atoms with Gasteiger partial charge in [-0.2, -0.15) is 0 Å². The number of likely N-dealkylation sites (N-methyl/N-ethyl adjacent to an activating group) is 1. The van der Waals surface area contributed by atoms with Crippen LogP contribution in [0.4, 0.5) is 0 Å². The molecule has 18 heavy (non-hydrogen) atoms. The highest BCUT2D eigenvalue weighted by atomic mass is 32.1. The summed E-state index contributed by atoms with van der Waals surface area (Å²) < 4.78 is 5.84. The van der Waals surface area contributed by atoms with Gasteiger partial charge in [-0.05, 0) is 38.6 Å². The zero-order chi connectivity index (χ0) is 13.0. The molecule has 2 N–H and O–H groups in total. The number of rotatable bonds is 4. The standard InChI is InChI=1S/C13H19N3OS/c1-16-8-3-2-5-10(16)9-17-11-6-4-7-15-12(11)13(14)18/h4,6-7,10H,2-3,5,8-9H2,1H3,(H2,14,18). The molecule has 1 unspecified atom stereocenters. The molecule has 0 saturated carbocycles. The van der Waals surface area contributed by atoms with Crippen LogP contribution in [0.1, 0.15) is 25.0 Å². The number of likely N-dealkylation sites (tertiary alicyclic amines) is 1. The molecule has 2 rings (SSSR count). The van der Waals surface area contributed by atoms with E-state index in [0.717, 1.165) is 6.54 Å². The Morgan fingerprint density at radius 1 is 1.61 bits per heavy atom. The minimum atomic E-state index is 0.280. The van der Waals surface area contributed by atoms with Crippen LogP contribution < -0.4 is 10.5 Å². The van der Waals surface area contributed by atoms with Crippen LogP contribution >= 0.6 is 12.2 Å². The molecule has 0 radical (unpaired) electrons. The van der Waals surface area contributed by atoms with Crippen LogP contribution in [0.2, 0.25) is 0 Å². The second kappa shape index (κ2) is 6.11. The van der Waals surface area contributed by atoms with Gasteiger partial charge in [0.05, 0.1) is 0 Å². The third kappa shape index (κ3) is 3.17. The first kappa shape index (κ1) is 13.2. The van der Waals surface area contributed by atoms with Gasteiger partial charge in [0.1, 0.15) is 23.0 Å². The maximum Gasteiger partial charge on any atom is 0.148 e. The molecule has 98 valence electrons. The fraction of sp³-hybridized carbons (Fsp3) is 0.538. The second-order valence-corrected chi connectivity index (χ2v) is 5.10. The first-order chi connectivity index (χ1) is 8.68. The lowest BCUT2D eigenvalue weighted by Gasteiger charge is -2.32. The van der Waals surface area contributed by atoms with Gasteiger partial charge in [0.15, 0.2) is 0 Å². The van der Waals surface area contributed by atoms with E-state index in [0.29, 0.717) is 24.1 Å². The molecule has 1 saturated heterocycles. The smallest absolute Gasteiger partial charge is 0.148 e. The Balaban J connectivity index is 1.99. The lowest BCUT2D eigenvalue weighted by Crippen LogP contribution is -2.40. The number of thiocarbonyl (C=S) groups is 1. The quantitative estimate of drug-likeness (QED) is 0.838. The molecule has 4 nitrogen and oxygen atoms in total. The highest BCUT2D eigenvalue weighted by Gasteiger charge is 2.20. The molecule has 1 atom stereocenters. The van der Waals surface area contributed by atoms with Crippen LogP contribution in [0.25, 0.3) is 0 Å². The summed E-state index contributed by atoms with van der Waals surface area (Å²) >= 11 is 4.97. The molecule has 0 aromatic carbocycles. The van der Waals surface area contributed by atoms with Crippen LogP contribution in [0.5, 0.6) is 5.75 Å². The molecule has 1 aromatic heterocycles. The molecular formula is C13H19N3OS. The summed E-state index contributed by atoms with van der Waals surface area (Å²) in [6.45, 7) is 1.81. The average molecular weight is 265 g/mol. The van der Waals surface area contributed by atoms with Crippen molar-refractivity contribution in [2.75, 3.05) is 20.2 Å². The second-order valence-electron chi connectivity index (χ2n) is 4.66. The predicted octanol–water partition coefficient (Wildman–Crippen LogP) is 1.58. The highest BCUT2D eigenvalue weighted by Crippen LogP contribution is 2.19. The van der Waals surface area contributed by atoms with Gasteiger partial charge >= 0.3 is 0 Å². The molecule has 1 fully saturated rings. The monoisotopic (exact) mass is 265 g/mol. The normalized spacial score (nSPS) is 20.6. The van der Waals surface area contributed by atoms with E-state index in [1.165, 1.54) is 19.3 Å². The summed E-state index contributed by atoms with van der Waals surface area (Å²) in [4.78, 5) is 6.78. The van der Waals surface area contributed by atoms with Gasteiger partial charge in [0.25, 0.3) is 0 Å². The number of nitrogens with zero attached hydrogens (tertiary/aromatic N) is 2. The number of aromatic nitrogens is 1. The van der Waals surface area contributed by atoms with Gasteiger partial charge in [-0.1, -0.05) is 18.6 Å². The molecule has 0 aliphatic carbocycles. The number of hydrogen-bond acceptors (Lipinski definition) is 4. The first-order valence-corrected chi connectivity index (χ1v) is 6.67. The molecule has 5 heteroatoms. The van der Waals surface area contributed by atoms with Crippen LogP contribution in [-0.4, -0.2) is 41.1 Å². The van der Waals surface area contributed by atoms with E-state index >= 15 is 0 Å². The third-order valence-electron chi connectivity index (χ3n) is 3.36. The SMILES string of the molecule is CN1CCCCC1COc1cccnc1C(N)=S. The van der Waals surface area contributed by atoms with Crippen LogP contribution in [0.15, 0.2) is 18.3 Å². The Morgan fingerprint density at radius 3 is 3.17 bits per heavy atom. The van der Waals surface area contributed by atoms with Crippen molar-refractivity contribution in [2.24, 2.45) is 5.73 Å². The molecule has 0 amide bonds. The largest absolute Gasteiger partial charge is 0.490 e. The molecule has 1 aromatic rings. The molecule has 0 spiro atoms. The van der Waals surface area contributed by atoms with E-state index < -0.39 is 0 Å². The fourth-order valence-electron chi connectivity index (χ4n) is 2.23. The van der Waals surface area contributed by atoms with Crippen molar-refractivity contribution in [3.63, 3.8) is 0 Å². The first-order valence-electron chi connectivity index (χ1n) is 6.26. The van der Waals surface area contributed by atoms with Crippen molar-refractivity contribution < 1.29 is 4.74 Å². The average Bonchev–Trinajstić information content (AvgIpc) is 2.38. The van der Waals surface area contributed by atoms with E-state index in [-0.39, 0.29) is 4.99 Å². The molecular weight excluding hydrogens is 246 g/mol. The fourth-order valence-corrected chi connectivity index (χ4v) is 2.39. The van der Waals surface area contributed by atoms with E-state index in [9.17, 15) is 0 Å². The van der Waals surface area contributed by atoms with E-state index in [1.54, 1.807) is 6.20 Å². The van der Waals surface area contributed by atoms with Crippen LogP contribution in [0, 0.1) is 0 Å². The minimum absolute atomic E-state index is 0.280. The Labute approximate surface area is 113 Å². The Morgan fingerprint density at radius 2 is 2.44 bits per heavy atom. The van der Waals surface area contributed by atoms with Gasteiger partial charge in [0, 0.05) is 12.2 Å². The molecule has 2 heterocycles. The van der Waals surface area contributed by atoms with Crippen molar-refractivity contribution in [1.29, 1.82) is 0 Å². The van der Waals surface area contributed by atoms with Crippen LogP contribution in [-0.2, 0) is 0 Å². The summed E-state index contributed by atoms with van der Waals surface area (Å²) in [6.07, 6.45) is 5.40. The number of ether oxygens (including phenoxy) is 1. The molecule has 1 aliphatic rings. The Bertz CT molecular complexity index is 424. The summed E-state index contributed by atoms with van der Waals surface area (Å²) in [7, 11) is 2.14. The zero-order valence-corrected chi connectivity index (χ0v) is 11.4. The topological polar surface area (TPSA) is 51.4 Å². The number of piperidine rings is 1. The van der Waals surface area contributed by atoms with Gasteiger partial charge in [-0.25, -0.2) is 4.98 Å². The minimum Gasteiger partial charge on any atom is -0.490 e. The summed E-state index contributed by atoms with van der Waals surface area (Å²) in [5.41, 5.74) is 6.20. The van der Waals surface area contributed by atoms with Crippen molar-refractivity contribution in [1.82, 2.24) is 9.88 Å². The molecule has 0 bridgehead atoms. The Kier molecular flexibility index (Phi) is 4.49. The van der Waals surface area contributed by atoms with Gasteiger partial charge in [0.2, 0.25) is 0 Å². The lowest BCUT2D eigenvalue weighted by atomic mass is 10.0. The Hall–Kier alpha value is -1.20. The van der Waals surface area contributed by atoms with E-state index in [2.05, 4.69) is 16.9 Å². The van der Waals surface area contributed by atoms with Crippen molar-refractivity contribution in [3.05, 3.63) is 24.0 Å². The summed E-state index contributed by atoms with van der Waals surface area (Å²) in [6, 6.07) is 4.17. The van der Waals surface area contributed by atoms with Crippen molar-refractivity contribution in [2.45, 2.75) is 25.3 Å². The number of nitrogens with two attached hydrogens (primary N) is 1. The van der Waals surface area contributed by atoms with Gasteiger partial charge in [-0.3, -0.25) is 0 Å². The van der Waals surface area contributed by atoms with Crippen molar-refractivity contribution in [3.8, 4) is 5.75 Å². The maximum absolute atomic E-state index is 5.84.